The van der Waals surface area contributed by atoms with E-state index in [2.05, 4.69) is 15.7 Å². The number of anilines is 1. The number of carbonyl (C=O) groups excluding carboxylic acids is 2. The number of rotatable bonds is 4. The Morgan fingerprint density at radius 3 is 2.88 bits per heavy atom. The smallest absolute Gasteiger partial charge is 0.251 e. The van der Waals surface area contributed by atoms with Crippen LogP contribution >= 0.6 is 0 Å². The Bertz CT molecular complexity index is 1010. The molecule has 2 heterocycles. The summed E-state index contributed by atoms with van der Waals surface area (Å²) in [6.07, 6.45) is 6.68. The summed E-state index contributed by atoms with van der Waals surface area (Å²) in [7, 11) is 0. The zero-order chi connectivity index (χ0) is 17.9. The third kappa shape index (κ3) is 3.25. The summed E-state index contributed by atoms with van der Waals surface area (Å²) < 4.78 is 1.75. The molecule has 0 unspecified atom stereocenters. The first-order valence-electron chi connectivity index (χ1n) is 8.19. The third-order valence-corrected chi connectivity index (χ3v) is 4.11. The van der Waals surface area contributed by atoms with Gasteiger partial charge in [0.1, 0.15) is 0 Å². The highest BCUT2D eigenvalue weighted by molar-refractivity contribution is 6.04. The van der Waals surface area contributed by atoms with Gasteiger partial charge in [-0.05, 0) is 35.9 Å². The molecule has 0 spiro atoms. The minimum Gasteiger partial charge on any atom is -0.348 e. The van der Waals surface area contributed by atoms with E-state index in [0.29, 0.717) is 17.8 Å². The lowest BCUT2D eigenvalue weighted by Gasteiger charge is -2.03. The van der Waals surface area contributed by atoms with Crippen LogP contribution in [0.5, 0.6) is 0 Å². The molecule has 6 nitrogen and oxygen atoms in total. The van der Waals surface area contributed by atoms with E-state index in [1.807, 2.05) is 42.6 Å². The minimum atomic E-state index is -0.268. The summed E-state index contributed by atoms with van der Waals surface area (Å²) in [5.41, 5.74) is 3.91. The summed E-state index contributed by atoms with van der Waals surface area (Å²) in [5.74, 6) is -0.379. The van der Waals surface area contributed by atoms with Gasteiger partial charge in [-0.2, -0.15) is 5.10 Å². The molecule has 2 amide bonds. The van der Waals surface area contributed by atoms with Crippen LogP contribution in [0.25, 0.3) is 11.8 Å². The lowest BCUT2D eigenvalue weighted by molar-refractivity contribution is -0.111. The molecule has 0 aliphatic carbocycles. The number of hydrogen-bond acceptors (Lipinski definition) is 3. The van der Waals surface area contributed by atoms with Crippen LogP contribution in [0.2, 0.25) is 0 Å². The highest BCUT2D eigenvalue weighted by atomic mass is 16.2. The third-order valence-electron chi connectivity index (χ3n) is 4.11. The molecule has 2 N–H and O–H groups in total. The number of carbonyl (C=O) groups is 2. The van der Waals surface area contributed by atoms with Gasteiger partial charge in [0.15, 0.2) is 0 Å². The maximum absolute atomic E-state index is 12.1. The normalized spacial score (nSPS) is 12.8. The van der Waals surface area contributed by atoms with Gasteiger partial charge in [-0.3, -0.25) is 9.59 Å². The van der Waals surface area contributed by atoms with Crippen molar-refractivity contribution < 1.29 is 9.59 Å². The van der Waals surface area contributed by atoms with Crippen LogP contribution < -0.4 is 10.6 Å². The van der Waals surface area contributed by atoms with Crippen LogP contribution in [0.15, 0.2) is 67.0 Å². The average molecular weight is 344 g/mol. The fourth-order valence-corrected chi connectivity index (χ4v) is 2.79. The highest BCUT2D eigenvalue weighted by Gasteiger charge is 2.18. The van der Waals surface area contributed by atoms with Crippen molar-refractivity contribution in [1.29, 1.82) is 0 Å². The van der Waals surface area contributed by atoms with Gasteiger partial charge in [0.2, 0.25) is 5.91 Å². The number of nitrogens with zero attached hydrogens (tertiary/aromatic N) is 2. The first-order valence-corrected chi connectivity index (χ1v) is 8.19. The molecule has 1 aliphatic rings. The first-order chi connectivity index (χ1) is 12.7. The molecular formula is C20H16N4O2. The van der Waals surface area contributed by atoms with Crippen molar-refractivity contribution in [3.05, 3.63) is 83.7 Å². The van der Waals surface area contributed by atoms with Crippen molar-refractivity contribution in [1.82, 2.24) is 15.1 Å². The Hall–Kier alpha value is -3.67. The molecule has 0 radical (unpaired) electrons. The molecule has 128 valence electrons. The van der Waals surface area contributed by atoms with Crippen LogP contribution in [0.1, 0.15) is 21.5 Å². The Morgan fingerprint density at radius 1 is 1.19 bits per heavy atom. The van der Waals surface area contributed by atoms with Gasteiger partial charge in [-0.1, -0.05) is 24.3 Å². The molecule has 6 heteroatoms. The maximum atomic E-state index is 12.1. The molecule has 26 heavy (non-hydrogen) atoms. The Labute approximate surface area is 150 Å². The van der Waals surface area contributed by atoms with Crippen LogP contribution in [-0.4, -0.2) is 21.6 Å². The Kier molecular flexibility index (Phi) is 4.07. The molecule has 0 atom stereocenters. The number of nitrogens with one attached hydrogen (secondary N) is 2. The van der Waals surface area contributed by atoms with Gasteiger partial charge in [-0.25, -0.2) is 4.68 Å². The standard InChI is InChI=1S/C20H16N4O2/c25-19(23-16-8-7-15-12-21-20(26)18(15)10-16)9-6-14-11-22-24(13-14)17-4-2-1-3-5-17/h1-11,13H,12H2,(H,21,26)(H,23,25). The monoisotopic (exact) mass is 344 g/mol. The van der Waals surface area contributed by atoms with Gasteiger partial charge in [0, 0.05) is 35.6 Å². The van der Waals surface area contributed by atoms with E-state index in [4.69, 9.17) is 0 Å². The van der Waals surface area contributed by atoms with Gasteiger partial charge in [-0.15, -0.1) is 0 Å². The van der Waals surface area contributed by atoms with Crippen molar-refractivity contribution in [2.45, 2.75) is 6.54 Å². The van der Waals surface area contributed by atoms with Crippen molar-refractivity contribution in [2.24, 2.45) is 0 Å². The zero-order valence-electron chi connectivity index (χ0n) is 13.8. The molecule has 1 aromatic heterocycles. The average Bonchev–Trinajstić information content (AvgIpc) is 3.28. The lowest BCUT2D eigenvalue weighted by atomic mass is 10.1. The summed E-state index contributed by atoms with van der Waals surface area (Å²) in [4.78, 5) is 23.8. The second-order valence-corrected chi connectivity index (χ2v) is 5.93. The number of benzene rings is 2. The van der Waals surface area contributed by atoms with E-state index in [0.717, 1.165) is 16.8 Å². The predicted octanol–water partition coefficient (Wildman–Crippen LogP) is 2.77. The number of fused-ring (bicyclic) bond motifs is 1. The topological polar surface area (TPSA) is 76.0 Å². The van der Waals surface area contributed by atoms with Gasteiger partial charge in [0.25, 0.3) is 5.91 Å². The predicted molar refractivity (Wildman–Crippen MR) is 98.8 cm³/mol. The number of aromatic nitrogens is 2. The van der Waals surface area contributed by atoms with E-state index in [1.54, 1.807) is 29.1 Å². The molecule has 2 aromatic carbocycles. The number of para-hydroxylation sites is 1. The summed E-state index contributed by atoms with van der Waals surface area (Å²) in [5, 5.41) is 9.81. The molecule has 0 fully saturated rings. The number of amides is 2. The first kappa shape index (κ1) is 15.8. The van der Waals surface area contributed by atoms with Crippen LogP contribution in [-0.2, 0) is 11.3 Å². The molecule has 4 rings (SSSR count). The summed E-state index contributed by atoms with van der Waals surface area (Å²) in [6, 6.07) is 15.1. The minimum absolute atomic E-state index is 0.111. The molecule has 3 aromatic rings. The fraction of sp³-hybridized carbons (Fsp3) is 0.0500. The highest BCUT2D eigenvalue weighted by Crippen LogP contribution is 2.20. The molecule has 1 aliphatic heterocycles. The zero-order valence-corrected chi connectivity index (χ0v) is 13.8. The van der Waals surface area contributed by atoms with Crippen LogP contribution in [0.3, 0.4) is 0 Å². The second-order valence-electron chi connectivity index (χ2n) is 5.93. The van der Waals surface area contributed by atoms with E-state index < -0.39 is 0 Å². The Balaban J connectivity index is 1.43. The van der Waals surface area contributed by atoms with Gasteiger partial charge in [0.05, 0.1) is 11.9 Å². The van der Waals surface area contributed by atoms with Gasteiger partial charge >= 0.3 is 0 Å². The SMILES string of the molecule is O=C(C=Cc1cnn(-c2ccccc2)c1)Nc1ccc2c(c1)C(=O)NC2. The van der Waals surface area contributed by atoms with Crippen LogP contribution in [0, 0.1) is 0 Å². The molecule has 0 saturated carbocycles. The quantitative estimate of drug-likeness (QED) is 0.715. The van der Waals surface area contributed by atoms with Crippen LogP contribution in [0.4, 0.5) is 5.69 Å². The molecule has 0 saturated heterocycles. The van der Waals surface area contributed by atoms with Crippen molar-refractivity contribution in [3.8, 4) is 5.69 Å². The van der Waals surface area contributed by atoms with E-state index >= 15 is 0 Å². The fourth-order valence-electron chi connectivity index (χ4n) is 2.79. The number of hydrogen-bond donors (Lipinski definition) is 2. The Morgan fingerprint density at radius 2 is 2.04 bits per heavy atom. The largest absolute Gasteiger partial charge is 0.348 e. The van der Waals surface area contributed by atoms with E-state index in [-0.39, 0.29) is 11.8 Å². The van der Waals surface area contributed by atoms with Crippen molar-refractivity contribution in [3.63, 3.8) is 0 Å². The second kappa shape index (κ2) is 6.68. The van der Waals surface area contributed by atoms with Crippen molar-refractivity contribution in [2.75, 3.05) is 5.32 Å². The summed E-state index contributed by atoms with van der Waals surface area (Å²) >= 11 is 0. The molecule has 0 bridgehead atoms. The molecular weight excluding hydrogens is 328 g/mol. The van der Waals surface area contributed by atoms with Gasteiger partial charge < -0.3 is 10.6 Å². The lowest BCUT2D eigenvalue weighted by Crippen LogP contribution is -2.13. The van der Waals surface area contributed by atoms with E-state index in [1.165, 1.54) is 6.08 Å². The maximum Gasteiger partial charge on any atom is 0.251 e. The summed E-state index contributed by atoms with van der Waals surface area (Å²) in [6.45, 7) is 0.535. The van der Waals surface area contributed by atoms with E-state index in [9.17, 15) is 9.59 Å². The van der Waals surface area contributed by atoms with Crippen molar-refractivity contribution >= 4 is 23.6 Å².